The number of rotatable bonds is 5. The minimum atomic E-state index is -0.770. The summed E-state index contributed by atoms with van der Waals surface area (Å²) in [6, 6.07) is -0.770. The molecule has 1 rings (SSSR count). The van der Waals surface area contributed by atoms with Gasteiger partial charge in [0.05, 0.1) is 6.61 Å². The molecule has 1 fully saturated rings. The van der Waals surface area contributed by atoms with Crippen molar-refractivity contribution in [1.29, 1.82) is 0 Å². The van der Waals surface area contributed by atoms with Gasteiger partial charge in [0, 0.05) is 12.3 Å². The van der Waals surface area contributed by atoms with Crippen molar-refractivity contribution < 1.29 is 14.3 Å². The van der Waals surface area contributed by atoms with Gasteiger partial charge in [-0.05, 0) is 19.8 Å². The van der Waals surface area contributed by atoms with Gasteiger partial charge in [-0.1, -0.05) is 0 Å². The maximum atomic E-state index is 11.2. The number of hydrogen-bond donors (Lipinski definition) is 1. The number of carbonyl (C=O) groups excluding carboxylic acids is 2. The van der Waals surface area contributed by atoms with Crippen LogP contribution in [0.15, 0.2) is 0 Å². The predicted octanol–water partition coefficient (Wildman–Crippen LogP) is 0.246. The van der Waals surface area contributed by atoms with E-state index < -0.39 is 12.0 Å². The van der Waals surface area contributed by atoms with Crippen molar-refractivity contribution in [3.63, 3.8) is 0 Å². The average Bonchev–Trinajstić information content (AvgIpc) is 2.86. The van der Waals surface area contributed by atoms with Crippen LogP contribution >= 0.6 is 0 Å². The molecule has 0 aromatic heterocycles. The Bertz CT molecular complexity index is 211. The normalized spacial score (nSPS) is 18.0. The lowest BCUT2D eigenvalue weighted by atomic mass is 10.1. The molecular weight excluding hydrogens is 170 g/mol. The second-order valence-electron chi connectivity index (χ2n) is 3.30. The zero-order valence-electron chi connectivity index (χ0n) is 7.79. The smallest absolute Gasteiger partial charge is 0.323 e. The first-order valence-corrected chi connectivity index (χ1v) is 4.60. The van der Waals surface area contributed by atoms with Gasteiger partial charge in [-0.2, -0.15) is 0 Å². The summed E-state index contributed by atoms with van der Waals surface area (Å²) in [5.74, 6) is -0.211. The Kier molecular flexibility index (Phi) is 3.42. The number of esters is 1. The van der Waals surface area contributed by atoms with Crippen molar-refractivity contribution in [2.75, 3.05) is 6.61 Å². The number of carbonyl (C=O) groups is 2. The molecule has 1 aliphatic rings. The number of Topliss-reactive ketones (excluding diaryl/α,β-unsaturated/α-hetero) is 1. The van der Waals surface area contributed by atoms with Gasteiger partial charge in [0.1, 0.15) is 11.8 Å². The number of hydrogen-bond acceptors (Lipinski definition) is 4. The molecule has 0 saturated heterocycles. The van der Waals surface area contributed by atoms with Crippen LogP contribution in [0.5, 0.6) is 0 Å². The maximum Gasteiger partial charge on any atom is 0.323 e. The first-order chi connectivity index (χ1) is 6.15. The molecule has 74 valence electrons. The molecule has 0 aromatic rings. The Morgan fingerprint density at radius 3 is 2.62 bits per heavy atom. The number of ketones is 1. The van der Waals surface area contributed by atoms with E-state index >= 15 is 0 Å². The fourth-order valence-electron chi connectivity index (χ4n) is 1.12. The zero-order valence-corrected chi connectivity index (χ0v) is 7.79. The fourth-order valence-corrected chi connectivity index (χ4v) is 1.12. The van der Waals surface area contributed by atoms with Crippen molar-refractivity contribution in [3.05, 3.63) is 0 Å². The molecule has 1 unspecified atom stereocenters. The highest BCUT2D eigenvalue weighted by Gasteiger charge is 2.31. The Morgan fingerprint density at radius 1 is 1.54 bits per heavy atom. The molecule has 0 radical (unpaired) electrons. The van der Waals surface area contributed by atoms with Crippen molar-refractivity contribution >= 4 is 11.8 Å². The van der Waals surface area contributed by atoms with Gasteiger partial charge in [-0.15, -0.1) is 0 Å². The number of ether oxygens (including phenoxy) is 1. The zero-order chi connectivity index (χ0) is 9.84. The van der Waals surface area contributed by atoms with E-state index in [1.807, 2.05) is 0 Å². The van der Waals surface area contributed by atoms with Crippen LogP contribution in [-0.2, 0) is 14.3 Å². The Morgan fingerprint density at radius 2 is 2.15 bits per heavy atom. The van der Waals surface area contributed by atoms with Crippen LogP contribution in [0, 0.1) is 5.92 Å². The van der Waals surface area contributed by atoms with E-state index in [-0.39, 0.29) is 18.1 Å². The van der Waals surface area contributed by atoms with Gasteiger partial charge >= 0.3 is 5.97 Å². The molecule has 1 aliphatic carbocycles. The SMILES string of the molecule is CCOC(=O)C(N)CC(=O)C1CC1. The Labute approximate surface area is 77.4 Å². The van der Waals surface area contributed by atoms with E-state index in [2.05, 4.69) is 4.74 Å². The highest BCUT2D eigenvalue weighted by molar-refractivity contribution is 5.88. The van der Waals surface area contributed by atoms with Gasteiger partial charge in [0.25, 0.3) is 0 Å². The molecule has 13 heavy (non-hydrogen) atoms. The standard InChI is InChI=1S/C9H15NO3/c1-2-13-9(12)7(10)5-8(11)6-3-4-6/h6-7H,2-5,10H2,1H3. The molecule has 1 atom stereocenters. The predicted molar refractivity (Wildman–Crippen MR) is 47.0 cm³/mol. The van der Waals surface area contributed by atoms with Crippen LogP contribution in [0.1, 0.15) is 26.2 Å². The third kappa shape index (κ3) is 3.14. The summed E-state index contributed by atoms with van der Waals surface area (Å²) in [6.45, 7) is 2.03. The second kappa shape index (κ2) is 4.37. The quantitative estimate of drug-likeness (QED) is 0.623. The largest absolute Gasteiger partial charge is 0.465 e. The molecule has 0 spiro atoms. The first kappa shape index (κ1) is 10.2. The summed E-state index contributed by atoms with van der Waals surface area (Å²) in [5, 5.41) is 0. The topological polar surface area (TPSA) is 69.4 Å². The Balaban J connectivity index is 2.26. The van der Waals surface area contributed by atoms with Crippen molar-refractivity contribution in [2.45, 2.75) is 32.2 Å². The lowest BCUT2D eigenvalue weighted by Gasteiger charge is -2.08. The van der Waals surface area contributed by atoms with Crippen molar-refractivity contribution in [3.8, 4) is 0 Å². The highest BCUT2D eigenvalue weighted by atomic mass is 16.5. The highest BCUT2D eigenvalue weighted by Crippen LogP contribution is 2.31. The van der Waals surface area contributed by atoms with E-state index in [4.69, 9.17) is 5.73 Å². The van der Waals surface area contributed by atoms with E-state index in [0.717, 1.165) is 12.8 Å². The molecule has 0 aliphatic heterocycles. The third-order valence-corrected chi connectivity index (χ3v) is 2.04. The molecule has 4 heteroatoms. The lowest BCUT2D eigenvalue weighted by molar-refractivity contribution is -0.146. The van der Waals surface area contributed by atoms with Crippen molar-refractivity contribution in [1.82, 2.24) is 0 Å². The minimum absolute atomic E-state index is 0.0977. The minimum Gasteiger partial charge on any atom is -0.465 e. The van der Waals surface area contributed by atoms with Gasteiger partial charge in [0.2, 0.25) is 0 Å². The molecule has 0 amide bonds. The van der Waals surface area contributed by atoms with Crippen LogP contribution in [0.4, 0.5) is 0 Å². The summed E-state index contributed by atoms with van der Waals surface area (Å²) >= 11 is 0. The van der Waals surface area contributed by atoms with Gasteiger partial charge in [-0.25, -0.2) is 0 Å². The lowest BCUT2D eigenvalue weighted by Crippen LogP contribution is -2.34. The van der Waals surface area contributed by atoms with Crippen LogP contribution < -0.4 is 5.73 Å². The summed E-state index contributed by atoms with van der Waals surface area (Å²) in [7, 11) is 0. The third-order valence-electron chi connectivity index (χ3n) is 2.04. The number of nitrogens with two attached hydrogens (primary N) is 1. The summed E-state index contributed by atoms with van der Waals surface area (Å²) in [5.41, 5.74) is 5.47. The summed E-state index contributed by atoms with van der Waals surface area (Å²) in [4.78, 5) is 22.3. The van der Waals surface area contributed by atoms with Gasteiger partial charge < -0.3 is 10.5 Å². The summed E-state index contributed by atoms with van der Waals surface area (Å²) < 4.78 is 4.69. The van der Waals surface area contributed by atoms with Crippen LogP contribution in [-0.4, -0.2) is 24.4 Å². The van der Waals surface area contributed by atoms with Crippen molar-refractivity contribution in [2.24, 2.45) is 11.7 Å². The van der Waals surface area contributed by atoms with E-state index in [9.17, 15) is 9.59 Å². The first-order valence-electron chi connectivity index (χ1n) is 4.60. The van der Waals surface area contributed by atoms with E-state index in [0.29, 0.717) is 6.61 Å². The van der Waals surface area contributed by atoms with Crippen LogP contribution in [0.2, 0.25) is 0 Å². The maximum absolute atomic E-state index is 11.2. The monoisotopic (exact) mass is 185 g/mol. The average molecular weight is 185 g/mol. The molecular formula is C9H15NO3. The van der Waals surface area contributed by atoms with E-state index in [1.54, 1.807) is 6.92 Å². The van der Waals surface area contributed by atoms with Crippen LogP contribution in [0.3, 0.4) is 0 Å². The fraction of sp³-hybridized carbons (Fsp3) is 0.778. The summed E-state index contributed by atoms with van der Waals surface area (Å²) in [6.07, 6.45) is 2.03. The molecule has 0 heterocycles. The van der Waals surface area contributed by atoms with Gasteiger partial charge in [0.15, 0.2) is 0 Å². The molecule has 1 saturated carbocycles. The second-order valence-corrected chi connectivity index (χ2v) is 3.30. The molecule has 4 nitrogen and oxygen atoms in total. The molecule has 2 N–H and O–H groups in total. The van der Waals surface area contributed by atoms with Crippen LogP contribution in [0.25, 0.3) is 0 Å². The Hall–Kier alpha value is -0.900. The van der Waals surface area contributed by atoms with Gasteiger partial charge in [-0.3, -0.25) is 9.59 Å². The molecule has 0 aromatic carbocycles. The molecule has 0 bridgehead atoms. The van der Waals surface area contributed by atoms with E-state index in [1.165, 1.54) is 0 Å².